The number of fused-ring (bicyclic) bond motifs is 1. The maximum absolute atomic E-state index is 15.4. The number of likely N-dealkylation sites (tertiary alicyclic amines) is 1. The standard InChI is InChI=1S/C34H32Cl2FN5O5/c1-34(2,3)28-14-19(8-9-42(28)33(45)46)31(43)40-23-5-7-26-21(12-23)13-27(41-26)32(44)39-17-20-4-6-25(36)30(29(20)37)47-24-11-18(16-38)10-22(35)15-24/h4-7,10-13,15,19,28,41H,8-9,14,17H2,1-3H3,(H,39,44)(H,40,43)(H,45,46). The molecule has 47 heavy (non-hydrogen) atoms. The van der Waals surface area contributed by atoms with Crippen molar-refractivity contribution in [3.8, 4) is 17.6 Å². The molecule has 13 heteroatoms. The van der Waals surface area contributed by atoms with Gasteiger partial charge in [-0.2, -0.15) is 5.26 Å². The van der Waals surface area contributed by atoms with E-state index < -0.39 is 17.8 Å². The number of H-pyrrole nitrogens is 1. The number of aromatic nitrogens is 1. The molecule has 4 N–H and O–H groups in total. The van der Waals surface area contributed by atoms with E-state index in [4.69, 9.17) is 27.9 Å². The Balaban J connectivity index is 1.24. The Kier molecular flexibility index (Phi) is 9.65. The predicted octanol–water partition coefficient (Wildman–Crippen LogP) is 7.95. The minimum absolute atomic E-state index is 0.00527. The smallest absolute Gasteiger partial charge is 0.407 e. The molecule has 4 aromatic rings. The van der Waals surface area contributed by atoms with E-state index in [1.807, 2.05) is 26.8 Å². The van der Waals surface area contributed by atoms with Crippen LogP contribution in [0.2, 0.25) is 10.0 Å². The SMILES string of the molecule is CC(C)(C)C1CC(C(=O)Nc2ccc3[nH]c(C(=O)NCc4ccc(Cl)c(Oc5cc(Cl)cc(C#N)c5)c4F)cc3c2)CCN1C(=O)O. The summed E-state index contributed by atoms with van der Waals surface area (Å²) in [5.41, 5.74) is 1.44. The number of hydrogen-bond acceptors (Lipinski definition) is 5. The number of nitriles is 1. The maximum Gasteiger partial charge on any atom is 0.407 e. The molecule has 1 aliphatic rings. The largest absolute Gasteiger partial charge is 0.465 e. The Morgan fingerprint density at radius 2 is 1.89 bits per heavy atom. The number of anilines is 1. The van der Waals surface area contributed by atoms with Crippen LogP contribution in [0.25, 0.3) is 10.9 Å². The van der Waals surface area contributed by atoms with Gasteiger partial charge in [0, 0.05) is 52.2 Å². The first kappa shape index (κ1) is 33.6. The number of ether oxygens (including phenoxy) is 1. The molecule has 1 fully saturated rings. The molecular formula is C34H32Cl2FN5O5. The Bertz CT molecular complexity index is 1920. The second kappa shape index (κ2) is 13.5. The molecule has 1 aromatic heterocycles. The summed E-state index contributed by atoms with van der Waals surface area (Å²) in [5, 5.41) is 25.3. The number of amides is 3. The van der Waals surface area contributed by atoms with Crippen LogP contribution in [0.5, 0.6) is 11.5 Å². The average Bonchev–Trinajstić information content (AvgIpc) is 3.45. The van der Waals surface area contributed by atoms with Gasteiger partial charge in [-0.25, -0.2) is 9.18 Å². The van der Waals surface area contributed by atoms with Crippen molar-refractivity contribution in [1.29, 1.82) is 5.26 Å². The highest BCUT2D eigenvalue weighted by Gasteiger charge is 2.40. The summed E-state index contributed by atoms with van der Waals surface area (Å²) in [6, 6.07) is 15.6. The molecule has 1 saturated heterocycles. The third kappa shape index (κ3) is 7.62. The van der Waals surface area contributed by atoms with Crippen LogP contribution in [0, 0.1) is 28.5 Å². The molecule has 0 aliphatic carbocycles. The number of piperidine rings is 1. The second-order valence-electron chi connectivity index (χ2n) is 12.5. The highest BCUT2D eigenvalue weighted by Crippen LogP contribution is 2.37. The Labute approximate surface area is 280 Å². The third-order valence-corrected chi connectivity index (χ3v) is 8.66. The summed E-state index contributed by atoms with van der Waals surface area (Å²) in [4.78, 5) is 42.4. The van der Waals surface area contributed by atoms with E-state index in [9.17, 15) is 24.8 Å². The quantitative estimate of drug-likeness (QED) is 0.156. The van der Waals surface area contributed by atoms with Crippen molar-refractivity contribution >= 4 is 57.7 Å². The van der Waals surface area contributed by atoms with E-state index in [0.29, 0.717) is 29.4 Å². The first-order valence-electron chi connectivity index (χ1n) is 14.8. The van der Waals surface area contributed by atoms with Crippen LogP contribution in [0.3, 0.4) is 0 Å². The molecule has 2 heterocycles. The van der Waals surface area contributed by atoms with Crippen molar-refractivity contribution in [2.75, 3.05) is 11.9 Å². The van der Waals surface area contributed by atoms with Crippen molar-refractivity contribution in [2.24, 2.45) is 11.3 Å². The molecule has 10 nitrogen and oxygen atoms in total. The maximum atomic E-state index is 15.4. The number of carboxylic acid groups (broad SMARTS) is 1. The van der Waals surface area contributed by atoms with Crippen molar-refractivity contribution in [3.63, 3.8) is 0 Å². The first-order valence-corrected chi connectivity index (χ1v) is 15.6. The van der Waals surface area contributed by atoms with E-state index >= 15 is 4.39 Å². The van der Waals surface area contributed by atoms with E-state index in [-0.39, 0.29) is 74.7 Å². The Hall–Kier alpha value is -4.79. The first-order chi connectivity index (χ1) is 22.2. The lowest BCUT2D eigenvalue weighted by atomic mass is 9.77. The topological polar surface area (TPSA) is 148 Å². The molecule has 0 radical (unpaired) electrons. The number of halogens is 3. The van der Waals surface area contributed by atoms with Crippen molar-refractivity contribution in [2.45, 2.75) is 46.2 Å². The van der Waals surface area contributed by atoms with Crippen molar-refractivity contribution in [3.05, 3.63) is 87.3 Å². The van der Waals surface area contributed by atoms with Gasteiger partial charge in [-0.15, -0.1) is 0 Å². The van der Waals surface area contributed by atoms with Crippen LogP contribution >= 0.6 is 23.2 Å². The van der Waals surface area contributed by atoms with Gasteiger partial charge in [-0.3, -0.25) is 9.59 Å². The molecule has 5 rings (SSSR count). The number of nitrogens with zero attached hydrogens (tertiary/aromatic N) is 2. The van der Waals surface area contributed by atoms with Gasteiger partial charge in [0.25, 0.3) is 5.91 Å². The zero-order chi connectivity index (χ0) is 34.0. The minimum Gasteiger partial charge on any atom is -0.465 e. The zero-order valence-electron chi connectivity index (χ0n) is 25.8. The molecule has 0 bridgehead atoms. The van der Waals surface area contributed by atoms with Gasteiger partial charge in [0.2, 0.25) is 5.91 Å². The van der Waals surface area contributed by atoms with Gasteiger partial charge in [0.05, 0.1) is 16.7 Å². The van der Waals surface area contributed by atoms with Crippen LogP contribution in [-0.2, 0) is 11.3 Å². The highest BCUT2D eigenvalue weighted by atomic mass is 35.5. The van der Waals surface area contributed by atoms with Crippen LogP contribution in [0.15, 0.2) is 54.6 Å². The molecular weight excluding hydrogens is 648 g/mol. The fourth-order valence-corrected chi connectivity index (χ4v) is 6.12. The molecule has 1 aliphatic heterocycles. The summed E-state index contributed by atoms with van der Waals surface area (Å²) >= 11 is 12.2. The fraction of sp³-hybridized carbons (Fsp3) is 0.294. The zero-order valence-corrected chi connectivity index (χ0v) is 27.3. The van der Waals surface area contributed by atoms with Gasteiger partial charge in [0.1, 0.15) is 11.4 Å². The van der Waals surface area contributed by atoms with Gasteiger partial charge < -0.3 is 30.4 Å². The summed E-state index contributed by atoms with van der Waals surface area (Å²) in [6.07, 6.45) is -0.141. The summed E-state index contributed by atoms with van der Waals surface area (Å²) < 4.78 is 21.0. The molecule has 3 aromatic carbocycles. The van der Waals surface area contributed by atoms with E-state index in [1.54, 1.807) is 24.3 Å². The molecule has 3 amide bonds. The summed E-state index contributed by atoms with van der Waals surface area (Å²) in [7, 11) is 0. The average molecular weight is 681 g/mol. The number of hydrogen-bond donors (Lipinski definition) is 4. The van der Waals surface area contributed by atoms with Crippen LogP contribution in [0.1, 0.15) is 55.2 Å². The number of benzene rings is 3. The lowest BCUT2D eigenvalue weighted by Gasteiger charge is -2.44. The summed E-state index contributed by atoms with van der Waals surface area (Å²) in [5.74, 6) is -1.95. The van der Waals surface area contributed by atoms with E-state index in [1.165, 1.54) is 35.2 Å². The molecule has 2 unspecified atom stereocenters. The highest BCUT2D eigenvalue weighted by molar-refractivity contribution is 6.32. The number of rotatable bonds is 7. The predicted molar refractivity (Wildman–Crippen MR) is 176 cm³/mol. The Morgan fingerprint density at radius 1 is 1.13 bits per heavy atom. The molecule has 0 saturated carbocycles. The number of nitrogens with one attached hydrogen (secondary N) is 3. The number of carbonyl (C=O) groups is 3. The lowest BCUT2D eigenvalue weighted by molar-refractivity contribution is -0.122. The minimum atomic E-state index is -0.983. The van der Waals surface area contributed by atoms with Crippen LogP contribution < -0.4 is 15.4 Å². The van der Waals surface area contributed by atoms with Crippen LogP contribution in [0.4, 0.5) is 14.9 Å². The molecule has 2 atom stereocenters. The summed E-state index contributed by atoms with van der Waals surface area (Å²) in [6.45, 7) is 6.01. The van der Waals surface area contributed by atoms with Crippen molar-refractivity contribution < 1.29 is 28.6 Å². The third-order valence-electron chi connectivity index (χ3n) is 8.14. The van der Waals surface area contributed by atoms with Crippen molar-refractivity contribution in [1.82, 2.24) is 15.2 Å². The number of aromatic amines is 1. The van der Waals surface area contributed by atoms with Gasteiger partial charge >= 0.3 is 6.09 Å². The van der Waals surface area contributed by atoms with Gasteiger partial charge in [0.15, 0.2) is 11.6 Å². The fourth-order valence-electron chi connectivity index (χ4n) is 5.71. The molecule has 244 valence electrons. The van der Waals surface area contributed by atoms with E-state index in [2.05, 4.69) is 15.6 Å². The number of carbonyl (C=O) groups excluding carboxylic acids is 2. The van der Waals surface area contributed by atoms with Crippen LogP contribution in [-0.4, -0.2) is 45.5 Å². The van der Waals surface area contributed by atoms with E-state index in [0.717, 1.165) is 0 Å². The molecule has 0 spiro atoms. The second-order valence-corrected chi connectivity index (χ2v) is 13.3. The lowest BCUT2D eigenvalue weighted by Crippen LogP contribution is -2.53. The Morgan fingerprint density at radius 3 is 2.60 bits per heavy atom. The monoisotopic (exact) mass is 679 g/mol. The normalized spacial score (nSPS) is 16.4. The van der Waals surface area contributed by atoms with Gasteiger partial charge in [-0.1, -0.05) is 50.0 Å². The van der Waals surface area contributed by atoms with Gasteiger partial charge in [-0.05, 0) is 66.8 Å².